The molecule has 0 fully saturated rings. The highest BCUT2D eigenvalue weighted by Crippen LogP contribution is 2.15. The molecule has 1 rings (SSSR count). The van der Waals surface area contributed by atoms with Crippen LogP contribution < -0.4 is 5.32 Å². The fraction of sp³-hybridized carbons (Fsp3) is 0.417. The Morgan fingerprint density at radius 1 is 1.50 bits per heavy atom. The number of benzene rings is 1. The lowest BCUT2D eigenvalue weighted by molar-refractivity contribution is 0.441. The van der Waals surface area contributed by atoms with Crippen molar-refractivity contribution in [3.05, 3.63) is 34.6 Å². The van der Waals surface area contributed by atoms with Crippen LogP contribution in [0.2, 0.25) is 5.02 Å². The largest absolute Gasteiger partial charge is 0.311 e. The maximum absolute atomic E-state index is 13.3. The maximum Gasteiger partial charge on any atom is 0.127 e. The first-order valence-corrected chi connectivity index (χ1v) is 5.38. The van der Waals surface area contributed by atoms with Gasteiger partial charge in [-0.05, 0) is 32.0 Å². The van der Waals surface area contributed by atoms with Crippen LogP contribution in [0.15, 0.2) is 18.2 Å². The Hall–Kier alpha value is -1.11. The highest BCUT2D eigenvalue weighted by Gasteiger charge is 2.15. The second-order valence-corrected chi connectivity index (χ2v) is 4.77. The van der Waals surface area contributed by atoms with Gasteiger partial charge in [0, 0.05) is 23.7 Å². The van der Waals surface area contributed by atoms with Gasteiger partial charge >= 0.3 is 0 Å². The molecule has 0 heterocycles. The first-order valence-electron chi connectivity index (χ1n) is 5.00. The highest BCUT2D eigenvalue weighted by molar-refractivity contribution is 6.30. The third kappa shape index (κ3) is 3.80. The second-order valence-electron chi connectivity index (χ2n) is 4.33. The Morgan fingerprint density at radius 2 is 2.19 bits per heavy atom. The molecule has 0 radical (unpaired) electrons. The van der Waals surface area contributed by atoms with Gasteiger partial charge in [0.2, 0.25) is 0 Å². The molecule has 1 aromatic rings. The maximum atomic E-state index is 13.3. The summed E-state index contributed by atoms with van der Waals surface area (Å²) in [6.07, 6.45) is 0. The van der Waals surface area contributed by atoms with Gasteiger partial charge in [0.15, 0.2) is 0 Å². The van der Waals surface area contributed by atoms with E-state index in [9.17, 15) is 4.39 Å². The first kappa shape index (κ1) is 13.0. The summed E-state index contributed by atoms with van der Waals surface area (Å²) >= 11 is 5.77. The fourth-order valence-electron chi connectivity index (χ4n) is 1.23. The minimum atomic E-state index is -0.449. The van der Waals surface area contributed by atoms with Crippen molar-refractivity contribution in [1.29, 1.82) is 5.26 Å². The number of nitriles is 1. The predicted molar refractivity (Wildman–Crippen MR) is 62.5 cm³/mol. The average molecular weight is 241 g/mol. The molecule has 0 amide bonds. The Balaban J connectivity index is 2.56. The van der Waals surface area contributed by atoms with E-state index < -0.39 is 5.41 Å². The molecule has 86 valence electrons. The van der Waals surface area contributed by atoms with Gasteiger partial charge in [0.05, 0.1) is 11.5 Å². The lowest BCUT2D eigenvalue weighted by Gasteiger charge is -2.16. The van der Waals surface area contributed by atoms with E-state index in [1.54, 1.807) is 6.07 Å². The number of nitrogens with zero attached hydrogens (tertiary/aromatic N) is 1. The number of hydrogen-bond acceptors (Lipinski definition) is 2. The summed E-state index contributed by atoms with van der Waals surface area (Å²) in [7, 11) is 0. The van der Waals surface area contributed by atoms with Crippen LogP contribution in [0.4, 0.5) is 4.39 Å². The normalized spacial score (nSPS) is 11.2. The van der Waals surface area contributed by atoms with Crippen molar-refractivity contribution < 1.29 is 4.39 Å². The number of rotatable bonds is 4. The van der Waals surface area contributed by atoms with Crippen molar-refractivity contribution in [2.75, 3.05) is 6.54 Å². The van der Waals surface area contributed by atoms with E-state index >= 15 is 0 Å². The van der Waals surface area contributed by atoms with Crippen LogP contribution in [0.25, 0.3) is 0 Å². The minimum Gasteiger partial charge on any atom is -0.311 e. The van der Waals surface area contributed by atoms with Gasteiger partial charge in [0.25, 0.3) is 0 Å². The van der Waals surface area contributed by atoms with E-state index in [-0.39, 0.29) is 5.82 Å². The van der Waals surface area contributed by atoms with Crippen LogP contribution in [0.1, 0.15) is 19.4 Å². The van der Waals surface area contributed by atoms with Gasteiger partial charge in [-0.1, -0.05) is 11.6 Å². The predicted octanol–water partition coefficient (Wildman–Crippen LogP) is 3.12. The summed E-state index contributed by atoms with van der Waals surface area (Å²) in [5.74, 6) is -0.285. The molecule has 1 N–H and O–H groups in total. The molecule has 0 aromatic heterocycles. The van der Waals surface area contributed by atoms with Gasteiger partial charge in [-0.25, -0.2) is 4.39 Å². The minimum absolute atomic E-state index is 0.285. The van der Waals surface area contributed by atoms with Crippen molar-refractivity contribution in [3.63, 3.8) is 0 Å². The summed E-state index contributed by atoms with van der Waals surface area (Å²) in [6.45, 7) is 4.54. The zero-order valence-electron chi connectivity index (χ0n) is 9.35. The van der Waals surface area contributed by atoms with E-state index in [0.29, 0.717) is 23.7 Å². The summed E-state index contributed by atoms with van der Waals surface area (Å²) in [5, 5.41) is 12.4. The summed E-state index contributed by atoms with van der Waals surface area (Å²) < 4.78 is 13.3. The standard InChI is InChI=1S/C12H14ClFN2/c1-12(2,7-15)8-16-6-9-5-10(13)3-4-11(9)14/h3-5,16H,6,8H2,1-2H3. The molecule has 2 nitrogen and oxygen atoms in total. The molecule has 16 heavy (non-hydrogen) atoms. The summed E-state index contributed by atoms with van der Waals surface area (Å²) in [6, 6.07) is 6.61. The molecule has 0 aliphatic carbocycles. The SMILES string of the molecule is CC(C)(C#N)CNCc1cc(Cl)ccc1F. The van der Waals surface area contributed by atoms with Crippen LogP contribution in [-0.2, 0) is 6.54 Å². The summed E-state index contributed by atoms with van der Waals surface area (Å²) in [4.78, 5) is 0. The van der Waals surface area contributed by atoms with Crippen molar-refractivity contribution in [1.82, 2.24) is 5.32 Å². The van der Waals surface area contributed by atoms with Crippen molar-refractivity contribution >= 4 is 11.6 Å². The lowest BCUT2D eigenvalue weighted by Crippen LogP contribution is -2.28. The average Bonchev–Trinajstić information content (AvgIpc) is 2.23. The number of halogens is 2. The molecular formula is C12H14ClFN2. The van der Waals surface area contributed by atoms with E-state index in [1.807, 2.05) is 13.8 Å². The molecule has 0 atom stereocenters. The van der Waals surface area contributed by atoms with Gasteiger partial charge in [0.1, 0.15) is 5.82 Å². The Bertz CT molecular complexity index is 410. The van der Waals surface area contributed by atoms with Gasteiger partial charge < -0.3 is 5.32 Å². The van der Waals surface area contributed by atoms with Gasteiger partial charge in [-0.3, -0.25) is 0 Å². The third-order valence-corrected chi connectivity index (χ3v) is 2.43. The molecule has 0 saturated heterocycles. The second kappa shape index (κ2) is 5.29. The first-order chi connectivity index (χ1) is 7.44. The molecule has 0 bridgehead atoms. The quantitative estimate of drug-likeness (QED) is 0.878. The zero-order valence-corrected chi connectivity index (χ0v) is 10.1. The van der Waals surface area contributed by atoms with Crippen molar-refractivity contribution in [3.8, 4) is 6.07 Å². The fourth-order valence-corrected chi connectivity index (χ4v) is 1.42. The molecule has 4 heteroatoms. The van der Waals surface area contributed by atoms with Gasteiger partial charge in [-0.15, -0.1) is 0 Å². The summed E-state index contributed by atoms with van der Waals surface area (Å²) in [5.41, 5.74) is 0.0657. The molecule has 0 spiro atoms. The van der Waals surface area contributed by atoms with E-state index in [4.69, 9.17) is 16.9 Å². The molecule has 1 aromatic carbocycles. The van der Waals surface area contributed by atoms with Crippen LogP contribution in [0.3, 0.4) is 0 Å². The Morgan fingerprint density at radius 3 is 2.81 bits per heavy atom. The zero-order chi connectivity index (χ0) is 12.2. The Kier molecular flexibility index (Phi) is 4.28. The highest BCUT2D eigenvalue weighted by atomic mass is 35.5. The lowest BCUT2D eigenvalue weighted by atomic mass is 9.96. The van der Waals surface area contributed by atoms with E-state index in [2.05, 4.69) is 11.4 Å². The van der Waals surface area contributed by atoms with Crippen LogP contribution in [0, 0.1) is 22.6 Å². The van der Waals surface area contributed by atoms with Crippen molar-refractivity contribution in [2.24, 2.45) is 5.41 Å². The molecule has 0 aliphatic heterocycles. The van der Waals surface area contributed by atoms with Crippen LogP contribution in [0.5, 0.6) is 0 Å². The molecule has 0 unspecified atom stereocenters. The smallest absolute Gasteiger partial charge is 0.127 e. The van der Waals surface area contributed by atoms with Crippen molar-refractivity contribution in [2.45, 2.75) is 20.4 Å². The van der Waals surface area contributed by atoms with E-state index in [0.717, 1.165) is 0 Å². The molecule has 0 aliphatic rings. The molecular weight excluding hydrogens is 227 g/mol. The number of nitrogens with one attached hydrogen (secondary N) is 1. The number of hydrogen-bond donors (Lipinski definition) is 1. The third-order valence-electron chi connectivity index (χ3n) is 2.19. The van der Waals surface area contributed by atoms with Crippen LogP contribution in [-0.4, -0.2) is 6.54 Å². The molecule has 0 saturated carbocycles. The monoisotopic (exact) mass is 240 g/mol. The van der Waals surface area contributed by atoms with Gasteiger partial charge in [-0.2, -0.15) is 5.26 Å². The van der Waals surface area contributed by atoms with Crippen LogP contribution >= 0.6 is 11.6 Å². The topological polar surface area (TPSA) is 35.8 Å². The Labute approximate surface area is 100 Å². The van der Waals surface area contributed by atoms with E-state index in [1.165, 1.54) is 12.1 Å².